The summed E-state index contributed by atoms with van der Waals surface area (Å²) in [5, 5.41) is 0. The van der Waals surface area contributed by atoms with E-state index in [-0.39, 0.29) is 24.2 Å². The number of hydrogen-bond donors (Lipinski definition) is 1. The molecule has 0 amide bonds. The summed E-state index contributed by atoms with van der Waals surface area (Å²) >= 11 is 0. The molecule has 0 radical (unpaired) electrons. The molecule has 0 aromatic carbocycles. The molecule has 14 heavy (non-hydrogen) atoms. The monoisotopic (exact) mass is 221 g/mol. The van der Waals surface area contributed by atoms with Crippen LogP contribution in [0.2, 0.25) is 0 Å². The molecule has 1 unspecified atom stereocenters. The standard InChI is InChI=1S/C8H15NO4S/c1-7(10)5-9-14(11,12)6-8-3-2-4-13-8/h8-9H,2-6H2,1H3. The van der Waals surface area contributed by atoms with Crippen LogP contribution in [0.1, 0.15) is 19.8 Å². The Morgan fingerprint density at radius 2 is 2.29 bits per heavy atom. The van der Waals surface area contributed by atoms with Gasteiger partial charge in [0, 0.05) is 6.61 Å². The number of carbonyl (C=O) groups excluding carboxylic acids is 1. The molecule has 0 aromatic rings. The van der Waals surface area contributed by atoms with Crippen LogP contribution in [0.25, 0.3) is 0 Å². The lowest BCUT2D eigenvalue weighted by Crippen LogP contribution is -2.34. The van der Waals surface area contributed by atoms with E-state index in [1.54, 1.807) is 0 Å². The fourth-order valence-electron chi connectivity index (χ4n) is 1.29. The van der Waals surface area contributed by atoms with E-state index in [1.807, 2.05) is 0 Å². The molecule has 1 N–H and O–H groups in total. The van der Waals surface area contributed by atoms with Crippen molar-refractivity contribution >= 4 is 15.8 Å². The van der Waals surface area contributed by atoms with E-state index in [1.165, 1.54) is 6.92 Å². The molecule has 1 saturated heterocycles. The van der Waals surface area contributed by atoms with Gasteiger partial charge in [0.15, 0.2) is 0 Å². The average Bonchev–Trinajstić information content (AvgIpc) is 2.53. The van der Waals surface area contributed by atoms with Crippen LogP contribution in [0, 0.1) is 0 Å². The molecular formula is C8H15NO4S. The Hall–Kier alpha value is -0.460. The van der Waals surface area contributed by atoms with Gasteiger partial charge >= 0.3 is 0 Å². The smallest absolute Gasteiger partial charge is 0.214 e. The molecule has 5 nitrogen and oxygen atoms in total. The highest BCUT2D eigenvalue weighted by atomic mass is 32.2. The van der Waals surface area contributed by atoms with E-state index < -0.39 is 10.0 Å². The summed E-state index contributed by atoms with van der Waals surface area (Å²) in [5.74, 6) is -0.235. The quantitative estimate of drug-likeness (QED) is 0.690. The Bertz CT molecular complexity index is 292. The molecule has 6 heteroatoms. The molecule has 1 aliphatic rings. The predicted molar refractivity (Wildman–Crippen MR) is 51.4 cm³/mol. The van der Waals surface area contributed by atoms with Gasteiger partial charge in [0.2, 0.25) is 10.0 Å². The van der Waals surface area contributed by atoms with E-state index >= 15 is 0 Å². The molecule has 1 atom stereocenters. The lowest BCUT2D eigenvalue weighted by atomic mass is 10.3. The molecule has 0 aliphatic carbocycles. The minimum atomic E-state index is -3.36. The van der Waals surface area contributed by atoms with Gasteiger partial charge in [-0.15, -0.1) is 0 Å². The number of Topliss-reactive ketones (excluding diaryl/α,β-unsaturated/α-hetero) is 1. The van der Waals surface area contributed by atoms with Gasteiger partial charge in [-0.1, -0.05) is 0 Å². The maximum Gasteiger partial charge on any atom is 0.214 e. The second-order valence-corrected chi connectivity index (χ2v) is 5.29. The third-order valence-corrected chi connectivity index (χ3v) is 3.37. The van der Waals surface area contributed by atoms with Crippen molar-refractivity contribution in [3.63, 3.8) is 0 Å². The van der Waals surface area contributed by atoms with E-state index in [2.05, 4.69) is 4.72 Å². The van der Waals surface area contributed by atoms with Gasteiger partial charge in [0.05, 0.1) is 18.4 Å². The van der Waals surface area contributed by atoms with Crippen LogP contribution in [-0.4, -0.2) is 39.2 Å². The fourth-order valence-corrected chi connectivity index (χ4v) is 2.58. The van der Waals surface area contributed by atoms with Gasteiger partial charge in [-0.2, -0.15) is 0 Å². The van der Waals surface area contributed by atoms with Crippen LogP contribution < -0.4 is 4.72 Å². The molecule has 0 aromatic heterocycles. The zero-order chi connectivity index (χ0) is 10.6. The minimum Gasteiger partial charge on any atom is -0.377 e. The molecule has 1 heterocycles. The maximum absolute atomic E-state index is 11.3. The first-order valence-corrected chi connectivity index (χ1v) is 6.23. The van der Waals surface area contributed by atoms with Gasteiger partial charge in [0.25, 0.3) is 0 Å². The number of sulfonamides is 1. The number of ketones is 1. The molecule has 82 valence electrons. The Morgan fingerprint density at radius 3 is 2.79 bits per heavy atom. The summed E-state index contributed by atoms with van der Waals surface area (Å²) in [6.07, 6.45) is 1.48. The molecule has 1 rings (SSSR count). The van der Waals surface area contributed by atoms with E-state index in [4.69, 9.17) is 4.74 Å². The Labute approximate surface area is 83.9 Å². The van der Waals surface area contributed by atoms with Gasteiger partial charge < -0.3 is 4.74 Å². The highest BCUT2D eigenvalue weighted by molar-refractivity contribution is 7.89. The van der Waals surface area contributed by atoms with Gasteiger partial charge in [-0.25, -0.2) is 13.1 Å². The molecule has 1 aliphatic heterocycles. The highest BCUT2D eigenvalue weighted by Crippen LogP contribution is 2.13. The third kappa shape index (κ3) is 4.17. The van der Waals surface area contributed by atoms with Crippen molar-refractivity contribution in [2.75, 3.05) is 18.9 Å². The van der Waals surface area contributed by atoms with Crippen molar-refractivity contribution < 1.29 is 17.9 Å². The summed E-state index contributed by atoms with van der Waals surface area (Å²) in [5.41, 5.74) is 0. The Kier molecular flexibility index (Phi) is 4.03. The van der Waals surface area contributed by atoms with Crippen LogP contribution in [0.15, 0.2) is 0 Å². The number of ether oxygens (including phenoxy) is 1. The van der Waals surface area contributed by atoms with Crippen LogP contribution in [0.5, 0.6) is 0 Å². The van der Waals surface area contributed by atoms with Crippen molar-refractivity contribution in [2.45, 2.75) is 25.9 Å². The highest BCUT2D eigenvalue weighted by Gasteiger charge is 2.22. The maximum atomic E-state index is 11.3. The molecule has 1 fully saturated rings. The first-order chi connectivity index (χ1) is 6.49. The van der Waals surface area contributed by atoms with Crippen molar-refractivity contribution in [1.82, 2.24) is 4.72 Å². The molecule has 0 spiro atoms. The van der Waals surface area contributed by atoms with Crippen LogP contribution >= 0.6 is 0 Å². The van der Waals surface area contributed by atoms with Crippen molar-refractivity contribution in [1.29, 1.82) is 0 Å². The second-order valence-electron chi connectivity index (χ2n) is 3.44. The van der Waals surface area contributed by atoms with Crippen LogP contribution in [0.3, 0.4) is 0 Å². The Morgan fingerprint density at radius 1 is 1.57 bits per heavy atom. The van der Waals surface area contributed by atoms with E-state index in [9.17, 15) is 13.2 Å². The number of nitrogens with one attached hydrogen (secondary N) is 1. The minimum absolute atomic E-state index is 0.0414. The summed E-state index contributed by atoms with van der Waals surface area (Å²) in [4.78, 5) is 10.6. The average molecular weight is 221 g/mol. The SMILES string of the molecule is CC(=O)CNS(=O)(=O)CC1CCCO1. The van der Waals surface area contributed by atoms with Crippen molar-refractivity contribution in [3.05, 3.63) is 0 Å². The van der Waals surface area contributed by atoms with Crippen LogP contribution in [-0.2, 0) is 19.6 Å². The van der Waals surface area contributed by atoms with Gasteiger partial charge in [0.1, 0.15) is 5.78 Å². The first kappa shape index (κ1) is 11.6. The molecular weight excluding hydrogens is 206 g/mol. The zero-order valence-electron chi connectivity index (χ0n) is 8.15. The summed E-state index contributed by atoms with van der Waals surface area (Å²) in [6, 6.07) is 0. The topological polar surface area (TPSA) is 72.5 Å². The van der Waals surface area contributed by atoms with E-state index in [0.717, 1.165) is 12.8 Å². The van der Waals surface area contributed by atoms with Gasteiger partial charge in [-0.05, 0) is 19.8 Å². The summed E-state index contributed by atoms with van der Waals surface area (Å²) in [7, 11) is -3.36. The largest absolute Gasteiger partial charge is 0.377 e. The first-order valence-electron chi connectivity index (χ1n) is 4.58. The van der Waals surface area contributed by atoms with E-state index in [0.29, 0.717) is 6.61 Å². The number of carbonyl (C=O) groups is 1. The summed E-state index contributed by atoms with van der Waals surface area (Å²) < 4.78 is 30.1. The number of rotatable bonds is 5. The van der Waals surface area contributed by atoms with Gasteiger partial charge in [-0.3, -0.25) is 4.79 Å². The Balaban J connectivity index is 2.36. The fraction of sp³-hybridized carbons (Fsp3) is 0.875. The second kappa shape index (κ2) is 4.86. The molecule has 0 bridgehead atoms. The predicted octanol–water partition coefficient (Wildman–Crippen LogP) is -0.326. The molecule has 0 saturated carbocycles. The van der Waals surface area contributed by atoms with Crippen LogP contribution in [0.4, 0.5) is 0 Å². The lowest BCUT2D eigenvalue weighted by Gasteiger charge is -2.09. The third-order valence-electron chi connectivity index (χ3n) is 1.97. The zero-order valence-corrected chi connectivity index (χ0v) is 8.97. The van der Waals surface area contributed by atoms with Crippen molar-refractivity contribution in [2.24, 2.45) is 0 Å². The number of hydrogen-bond acceptors (Lipinski definition) is 4. The summed E-state index contributed by atoms with van der Waals surface area (Å²) in [6.45, 7) is 1.84. The van der Waals surface area contributed by atoms with Crippen molar-refractivity contribution in [3.8, 4) is 0 Å². The normalized spacial score (nSPS) is 22.5. The lowest BCUT2D eigenvalue weighted by molar-refractivity contribution is -0.115.